The van der Waals surface area contributed by atoms with E-state index in [0.717, 1.165) is 5.56 Å². The van der Waals surface area contributed by atoms with Gasteiger partial charge in [-0.3, -0.25) is 9.59 Å². The van der Waals surface area contributed by atoms with Crippen LogP contribution in [-0.2, 0) is 16.0 Å². The summed E-state index contributed by atoms with van der Waals surface area (Å²) < 4.78 is 0. The van der Waals surface area contributed by atoms with Crippen LogP contribution in [0.1, 0.15) is 26.3 Å². The minimum Gasteiger partial charge on any atom is -0.481 e. The zero-order chi connectivity index (χ0) is 14.5. The Labute approximate surface area is 118 Å². The molecule has 1 aromatic rings. The van der Waals surface area contributed by atoms with E-state index in [2.05, 4.69) is 0 Å². The monoisotopic (exact) mass is 280 g/mol. The fourth-order valence-corrected chi connectivity index (χ4v) is 2.87. The molecular weight excluding hydrogens is 260 g/mol. The maximum Gasteiger partial charge on any atom is 0.313 e. The topological polar surface area (TPSA) is 54.4 Å². The number of hydrogen-bond acceptors (Lipinski definition) is 3. The second kappa shape index (κ2) is 6.75. The van der Waals surface area contributed by atoms with Crippen LogP contribution in [0.15, 0.2) is 30.3 Å². The first-order valence-corrected chi connectivity index (χ1v) is 7.27. The zero-order valence-corrected chi connectivity index (χ0v) is 12.4. The van der Waals surface area contributed by atoms with Crippen molar-refractivity contribution in [1.29, 1.82) is 0 Å². The molecule has 1 atom stereocenters. The number of carbonyl (C=O) groups excluding carboxylic acids is 1. The lowest BCUT2D eigenvalue weighted by molar-refractivity contribution is -0.133. The van der Waals surface area contributed by atoms with Crippen LogP contribution in [0.4, 0.5) is 0 Å². The SMILES string of the molecule is CC(C)(C)C(=O)C(Cc1ccccc1)SCC(=O)O. The fourth-order valence-electron chi connectivity index (χ4n) is 1.71. The molecule has 0 aliphatic heterocycles. The molecule has 1 N–H and O–H groups in total. The lowest BCUT2D eigenvalue weighted by atomic mass is 9.87. The lowest BCUT2D eigenvalue weighted by Gasteiger charge is -2.24. The Hall–Kier alpha value is -1.29. The molecule has 0 spiro atoms. The summed E-state index contributed by atoms with van der Waals surface area (Å²) >= 11 is 1.21. The van der Waals surface area contributed by atoms with Gasteiger partial charge in [0, 0.05) is 5.41 Å². The Morgan fingerprint density at radius 2 is 1.79 bits per heavy atom. The van der Waals surface area contributed by atoms with Crippen LogP contribution in [0, 0.1) is 5.41 Å². The van der Waals surface area contributed by atoms with Crippen molar-refractivity contribution in [3.63, 3.8) is 0 Å². The van der Waals surface area contributed by atoms with Crippen LogP contribution in [0.2, 0.25) is 0 Å². The van der Waals surface area contributed by atoms with E-state index in [1.165, 1.54) is 11.8 Å². The lowest BCUT2D eigenvalue weighted by Crippen LogP contribution is -2.32. The number of aliphatic carboxylic acids is 1. The number of carbonyl (C=O) groups is 2. The molecule has 0 heterocycles. The summed E-state index contributed by atoms with van der Waals surface area (Å²) in [5, 5.41) is 8.47. The fraction of sp³-hybridized carbons (Fsp3) is 0.467. The van der Waals surface area contributed by atoms with Crippen molar-refractivity contribution in [2.24, 2.45) is 5.41 Å². The summed E-state index contributed by atoms with van der Waals surface area (Å²) in [6, 6.07) is 9.70. The Kier molecular flexibility index (Phi) is 5.60. The van der Waals surface area contributed by atoms with E-state index in [1.54, 1.807) is 0 Å². The van der Waals surface area contributed by atoms with Gasteiger partial charge in [-0.2, -0.15) is 0 Å². The predicted octanol–water partition coefficient (Wildman–Crippen LogP) is 3.03. The van der Waals surface area contributed by atoms with Gasteiger partial charge in [0.05, 0.1) is 11.0 Å². The number of thioether (sulfide) groups is 1. The van der Waals surface area contributed by atoms with E-state index >= 15 is 0 Å². The third kappa shape index (κ3) is 5.47. The molecule has 0 radical (unpaired) electrons. The van der Waals surface area contributed by atoms with Crippen molar-refractivity contribution in [3.05, 3.63) is 35.9 Å². The van der Waals surface area contributed by atoms with Crippen LogP contribution in [-0.4, -0.2) is 27.9 Å². The first-order valence-electron chi connectivity index (χ1n) is 6.22. The number of carboxylic acid groups (broad SMARTS) is 1. The molecule has 0 saturated heterocycles. The molecule has 4 heteroatoms. The van der Waals surface area contributed by atoms with Crippen molar-refractivity contribution in [2.45, 2.75) is 32.4 Å². The van der Waals surface area contributed by atoms with E-state index in [9.17, 15) is 9.59 Å². The van der Waals surface area contributed by atoms with Crippen molar-refractivity contribution in [2.75, 3.05) is 5.75 Å². The van der Waals surface area contributed by atoms with Crippen molar-refractivity contribution < 1.29 is 14.7 Å². The average molecular weight is 280 g/mol. The molecule has 1 unspecified atom stereocenters. The number of ketones is 1. The number of benzene rings is 1. The van der Waals surface area contributed by atoms with Gasteiger partial charge in [-0.25, -0.2) is 0 Å². The summed E-state index contributed by atoms with van der Waals surface area (Å²) in [5.74, 6) is -0.827. The largest absolute Gasteiger partial charge is 0.481 e. The molecule has 0 aromatic heterocycles. The summed E-state index contributed by atoms with van der Waals surface area (Å²) in [4.78, 5) is 23.1. The van der Waals surface area contributed by atoms with Gasteiger partial charge < -0.3 is 5.11 Å². The standard InChI is InChI=1S/C15H20O3S/c1-15(2,3)14(18)12(19-10-13(16)17)9-11-7-5-4-6-8-11/h4-8,12H,9-10H2,1-3H3,(H,16,17). The third-order valence-corrected chi connectivity index (χ3v) is 3.90. The maximum atomic E-state index is 12.4. The summed E-state index contributed by atoms with van der Waals surface area (Å²) in [7, 11) is 0. The number of carboxylic acids is 1. The molecule has 0 saturated carbocycles. The second-order valence-electron chi connectivity index (χ2n) is 5.50. The zero-order valence-electron chi connectivity index (χ0n) is 11.6. The molecule has 1 aromatic carbocycles. The normalized spacial score (nSPS) is 13.0. The van der Waals surface area contributed by atoms with E-state index in [0.29, 0.717) is 6.42 Å². The molecule has 1 rings (SSSR count). The average Bonchev–Trinajstić information content (AvgIpc) is 2.33. The van der Waals surface area contributed by atoms with Crippen LogP contribution in [0.5, 0.6) is 0 Å². The Balaban J connectivity index is 2.80. The van der Waals surface area contributed by atoms with Gasteiger partial charge in [0.2, 0.25) is 0 Å². The van der Waals surface area contributed by atoms with Gasteiger partial charge in [0.25, 0.3) is 0 Å². The van der Waals surface area contributed by atoms with Crippen molar-refractivity contribution in [3.8, 4) is 0 Å². The molecule has 19 heavy (non-hydrogen) atoms. The minimum atomic E-state index is -0.884. The summed E-state index contributed by atoms with van der Waals surface area (Å²) in [5.41, 5.74) is 0.605. The quantitative estimate of drug-likeness (QED) is 0.870. The number of rotatable bonds is 6. The van der Waals surface area contributed by atoms with Crippen LogP contribution in [0.3, 0.4) is 0 Å². The molecule has 0 amide bonds. The molecule has 0 aliphatic carbocycles. The van der Waals surface area contributed by atoms with E-state index in [4.69, 9.17) is 5.11 Å². The highest BCUT2D eigenvalue weighted by Crippen LogP contribution is 2.26. The number of Topliss-reactive ketones (excluding diaryl/α,β-unsaturated/α-hetero) is 1. The van der Waals surface area contributed by atoms with Gasteiger partial charge in [-0.1, -0.05) is 51.1 Å². The van der Waals surface area contributed by atoms with Gasteiger partial charge in [0.1, 0.15) is 0 Å². The Bertz CT molecular complexity index is 434. The van der Waals surface area contributed by atoms with Crippen LogP contribution in [0.25, 0.3) is 0 Å². The third-order valence-electron chi connectivity index (χ3n) is 2.70. The first kappa shape index (κ1) is 15.8. The van der Waals surface area contributed by atoms with E-state index in [1.807, 2.05) is 51.1 Å². The van der Waals surface area contributed by atoms with Gasteiger partial charge in [-0.05, 0) is 12.0 Å². The highest BCUT2D eigenvalue weighted by Gasteiger charge is 2.30. The predicted molar refractivity (Wildman–Crippen MR) is 78.5 cm³/mol. The number of hydrogen-bond donors (Lipinski definition) is 1. The van der Waals surface area contributed by atoms with Crippen LogP contribution < -0.4 is 0 Å². The van der Waals surface area contributed by atoms with Crippen molar-refractivity contribution >= 4 is 23.5 Å². The highest BCUT2D eigenvalue weighted by molar-refractivity contribution is 8.01. The molecule has 104 valence electrons. The van der Waals surface area contributed by atoms with E-state index in [-0.39, 0.29) is 16.8 Å². The van der Waals surface area contributed by atoms with Gasteiger partial charge >= 0.3 is 5.97 Å². The van der Waals surface area contributed by atoms with Gasteiger partial charge in [0.15, 0.2) is 5.78 Å². The molecule has 0 bridgehead atoms. The minimum absolute atomic E-state index is 0.0423. The van der Waals surface area contributed by atoms with Crippen molar-refractivity contribution in [1.82, 2.24) is 0 Å². The Morgan fingerprint density at radius 3 is 2.26 bits per heavy atom. The Morgan fingerprint density at radius 1 is 1.21 bits per heavy atom. The molecule has 3 nitrogen and oxygen atoms in total. The molecule has 0 aliphatic rings. The second-order valence-corrected chi connectivity index (χ2v) is 6.69. The summed E-state index contributed by atoms with van der Waals surface area (Å²) in [6.45, 7) is 5.61. The van der Waals surface area contributed by atoms with E-state index < -0.39 is 11.4 Å². The molecule has 0 fully saturated rings. The smallest absolute Gasteiger partial charge is 0.313 e. The summed E-state index contributed by atoms with van der Waals surface area (Å²) in [6.07, 6.45) is 0.578. The maximum absolute atomic E-state index is 12.4. The first-order chi connectivity index (χ1) is 8.80. The van der Waals surface area contributed by atoms with Crippen LogP contribution >= 0.6 is 11.8 Å². The molecular formula is C15H20O3S. The highest BCUT2D eigenvalue weighted by atomic mass is 32.2. The van der Waals surface area contributed by atoms with Gasteiger partial charge in [-0.15, -0.1) is 11.8 Å².